The lowest BCUT2D eigenvalue weighted by Crippen LogP contribution is -2.14. The van der Waals surface area contributed by atoms with Crippen molar-refractivity contribution in [2.24, 2.45) is 5.14 Å². The monoisotopic (exact) mass is 264 g/mol. The Balaban J connectivity index is 3.17. The molecule has 1 rings (SSSR count). The Morgan fingerprint density at radius 3 is 2.44 bits per heavy atom. The zero-order valence-corrected chi connectivity index (χ0v) is 10.4. The first-order chi connectivity index (χ1) is 7.20. The SMILES string of the molecule is CC(C)c1nc(CS(N)(=O)=O)sc1C(=O)O. The molecule has 0 atom stereocenters. The zero-order valence-electron chi connectivity index (χ0n) is 8.80. The molecular weight excluding hydrogens is 252 g/mol. The quantitative estimate of drug-likeness (QED) is 0.833. The highest BCUT2D eigenvalue weighted by Crippen LogP contribution is 2.25. The van der Waals surface area contributed by atoms with E-state index in [0.29, 0.717) is 5.69 Å². The third kappa shape index (κ3) is 3.26. The molecule has 0 amide bonds. The van der Waals surface area contributed by atoms with Crippen molar-refractivity contribution < 1.29 is 18.3 Å². The van der Waals surface area contributed by atoms with E-state index in [1.54, 1.807) is 13.8 Å². The summed E-state index contributed by atoms with van der Waals surface area (Å²) in [4.78, 5) is 15.0. The molecule has 8 heteroatoms. The van der Waals surface area contributed by atoms with Crippen molar-refractivity contribution in [2.45, 2.75) is 25.5 Å². The van der Waals surface area contributed by atoms with Gasteiger partial charge in [0, 0.05) is 0 Å². The van der Waals surface area contributed by atoms with Crippen LogP contribution in [0.3, 0.4) is 0 Å². The Bertz CT molecular complexity index is 504. The van der Waals surface area contributed by atoms with Gasteiger partial charge >= 0.3 is 5.97 Å². The van der Waals surface area contributed by atoms with Gasteiger partial charge in [-0.1, -0.05) is 13.8 Å². The lowest BCUT2D eigenvalue weighted by atomic mass is 10.1. The smallest absolute Gasteiger partial charge is 0.347 e. The van der Waals surface area contributed by atoms with Gasteiger partial charge in [0.25, 0.3) is 0 Å². The van der Waals surface area contributed by atoms with E-state index in [0.717, 1.165) is 11.3 Å². The van der Waals surface area contributed by atoms with Crippen LogP contribution in [0.25, 0.3) is 0 Å². The summed E-state index contributed by atoms with van der Waals surface area (Å²) in [5.74, 6) is -1.59. The maximum absolute atomic E-state index is 10.9. The molecule has 0 spiro atoms. The molecule has 0 aliphatic carbocycles. The van der Waals surface area contributed by atoms with Gasteiger partial charge < -0.3 is 5.11 Å². The number of primary sulfonamides is 1. The molecule has 0 saturated heterocycles. The summed E-state index contributed by atoms with van der Waals surface area (Å²) in [7, 11) is -3.68. The number of carboxylic acid groups (broad SMARTS) is 1. The highest BCUT2D eigenvalue weighted by Gasteiger charge is 2.21. The number of rotatable bonds is 4. The second kappa shape index (κ2) is 4.48. The van der Waals surface area contributed by atoms with E-state index in [1.807, 2.05) is 0 Å². The molecule has 1 heterocycles. The molecule has 0 saturated carbocycles. The third-order valence-electron chi connectivity index (χ3n) is 1.76. The van der Waals surface area contributed by atoms with Crippen molar-refractivity contribution in [1.29, 1.82) is 0 Å². The van der Waals surface area contributed by atoms with Gasteiger partial charge in [-0.15, -0.1) is 11.3 Å². The van der Waals surface area contributed by atoms with E-state index in [1.165, 1.54) is 0 Å². The molecular formula is C8H12N2O4S2. The molecule has 0 unspecified atom stereocenters. The summed E-state index contributed by atoms with van der Waals surface area (Å²) >= 11 is 0.853. The van der Waals surface area contributed by atoms with Gasteiger partial charge in [0.15, 0.2) is 0 Å². The van der Waals surface area contributed by atoms with Crippen LogP contribution in [0, 0.1) is 0 Å². The number of aromatic carboxylic acids is 1. The van der Waals surface area contributed by atoms with Gasteiger partial charge in [-0.25, -0.2) is 23.3 Å². The van der Waals surface area contributed by atoms with Crippen molar-refractivity contribution >= 4 is 27.3 Å². The standard InChI is InChI=1S/C8H12N2O4S2/c1-4(2)6-7(8(11)12)15-5(10-6)3-16(9,13)14/h4H,3H2,1-2H3,(H,11,12)(H2,9,13,14). The van der Waals surface area contributed by atoms with Gasteiger partial charge in [0.05, 0.1) is 5.69 Å². The molecule has 6 nitrogen and oxygen atoms in total. The van der Waals surface area contributed by atoms with E-state index in [9.17, 15) is 13.2 Å². The van der Waals surface area contributed by atoms with E-state index in [4.69, 9.17) is 10.2 Å². The topological polar surface area (TPSA) is 110 Å². The van der Waals surface area contributed by atoms with Gasteiger partial charge in [-0.2, -0.15) is 0 Å². The van der Waals surface area contributed by atoms with Crippen molar-refractivity contribution in [1.82, 2.24) is 4.98 Å². The molecule has 0 radical (unpaired) electrons. The highest BCUT2D eigenvalue weighted by molar-refractivity contribution is 7.88. The van der Waals surface area contributed by atoms with Crippen LogP contribution in [-0.2, 0) is 15.8 Å². The Hall–Kier alpha value is -0.990. The average molecular weight is 264 g/mol. The molecule has 0 aliphatic rings. The lowest BCUT2D eigenvalue weighted by molar-refractivity contribution is 0.0700. The van der Waals surface area contributed by atoms with Crippen molar-refractivity contribution in [3.63, 3.8) is 0 Å². The normalized spacial score (nSPS) is 12.0. The Morgan fingerprint density at radius 1 is 1.56 bits per heavy atom. The van der Waals surface area contributed by atoms with Crippen LogP contribution < -0.4 is 5.14 Å². The van der Waals surface area contributed by atoms with E-state index < -0.39 is 21.7 Å². The summed E-state index contributed by atoms with van der Waals surface area (Å²) in [6, 6.07) is 0. The minimum atomic E-state index is -3.68. The molecule has 0 bridgehead atoms. The Labute approximate surface area is 97.2 Å². The minimum absolute atomic E-state index is 0.0726. The predicted octanol–water partition coefficient (Wildman–Crippen LogP) is 0.753. The lowest BCUT2D eigenvalue weighted by Gasteiger charge is -2.00. The average Bonchev–Trinajstić information content (AvgIpc) is 2.44. The maximum atomic E-state index is 10.9. The zero-order chi connectivity index (χ0) is 12.5. The largest absolute Gasteiger partial charge is 0.477 e. The second-order valence-corrected chi connectivity index (χ2v) is 6.29. The molecule has 0 aromatic carbocycles. The number of carbonyl (C=O) groups is 1. The summed E-state index contributed by atoms with van der Waals surface area (Å²) in [6.45, 7) is 3.59. The van der Waals surface area contributed by atoms with Crippen LogP contribution in [0.1, 0.15) is 40.1 Å². The van der Waals surface area contributed by atoms with Gasteiger partial charge in [0.2, 0.25) is 10.0 Å². The number of nitrogens with zero attached hydrogens (tertiary/aromatic N) is 1. The summed E-state index contributed by atoms with van der Waals surface area (Å²) in [5.41, 5.74) is 0.399. The number of aromatic nitrogens is 1. The molecule has 1 aromatic rings. The highest BCUT2D eigenvalue weighted by atomic mass is 32.2. The van der Waals surface area contributed by atoms with Crippen molar-refractivity contribution in [3.8, 4) is 0 Å². The molecule has 16 heavy (non-hydrogen) atoms. The summed E-state index contributed by atoms with van der Waals surface area (Å²) in [5, 5.41) is 14.0. The maximum Gasteiger partial charge on any atom is 0.347 e. The molecule has 3 N–H and O–H groups in total. The summed E-state index contributed by atoms with van der Waals surface area (Å²) < 4.78 is 21.7. The number of carboxylic acids is 1. The van der Waals surface area contributed by atoms with Crippen LogP contribution >= 0.6 is 11.3 Å². The minimum Gasteiger partial charge on any atom is -0.477 e. The van der Waals surface area contributed by atoms with Gasteiger partial charge in [0.1, 0.15) is 15.6 Å². The van der Waals surface area contributed by atoms with Gasteiger partial charge in [-0.3, -0.25) is 0 Å². The van der Waals surface area contributed by atoms with Crippen LogP contribution in [0.5, 0.6) is 0 Å². The Morgan fingerprint density at radius 2 is 2.12 bits per heavy atom. The Kier molecular flexibility index (Phi) is 3.66. The number of hydrogen-bond acceptors (Lipinski definition) is 5. The van der Waals surface area contributed by atoms with Crippen molar-refractivity contribution in [2.75, 3.05) is 0 Å². The van der Waals surface area contributed by atoms with Crippen LogP contribution in [0.4, 0.5) is 0 Å². The molecule has 1 aromatic heterocycles. The second-order valence-electron chi connectivity index (χ2n) is 3.59. The van der Waals surface area contributed by atoms with Crippen LogP contribution in [0.2, 0.25) is 0 Å². The van der Waals surface area contributed by atoms with Gasteiger partial charge in [-0.05, 0) is 5.92 Å². The predicted molar refractivity (Wildman–Crippen MR) is 60.0 cm³/mol. The number of sulfonamides is 1. The fourth-order valence-corrected chi connectivity index (χ4v) is 3.15. The van der Waals surface area contributed by atoms with E-state index in [-0.39, 0.29) is 15.8 Å². The molecule has 90 valence electrons. The van der Waals surface area contributed by atoms with Crippen molar-refractivity contribution in [3.05, 3.63) is 15.6 Å². The fraction of sp³-hybridized carbons (Fsp3) is 0.500. The number of nitrogens with two attached hydrogens (primary N) is 1. The first-order valence-corrected chi connectivity index (χ1v) is 6.97. The third-order valence-corrected chi connectivity index (χ3v) is 3.68. The first kappa shape index (κ1) is 13.1. The summed E-state index contributed by atoms with van der Waals surface area (Å²) in [6.07, 6.45) is 0. The van der Waals surface area contributed by atoms with Crippen LogP contribution in [-0.4, -0.2) is 24.5 Å². The van der Waals surface area contributed by atoms with Crippen LogP contribution in [0.15, 0.2) is 0 Å². The van der Waals surface area contributed by atoms with E-state index in [2.05, 4.69) is 4.98 Å². The van der Waals surface area contributed by atoms with E-state index >= 15 is 0 Å². The molecule has 0 fully saturated rings. The number of hydrogen-bond donors (Lipinski definition) is 2. The first-order valence-electron chi connectivity index (χ1n) is 4.44. The fourth-order valence-electron chi connectivity index (χ4n) is 1.16. The number of thiazole rings is 1. The molecule has 0 aliphatic heterocycles.